The van der Waals surface area contributed by atoms with Gasteiger partial charge in [-0.25, -0.2) is 10.3 Å². The summed E-state index contributed by atoms with van der Waals surface area (Å²) < 4.78 is 0. The first-order chi connectivity index (χ1) is 7.65. The van der Waals surface area contributed by atoms with Crippen molar-refractivity contribution < 1.29 is 19.5 Å². The van der Waals surface area contributed by atoms with Crippen LogP contribution in [0.25, 0.3) is 5.57 Å². The Hall–Kier alpha value is -2.14. The number of carboxylic acids is 1. The minimum atomic E-state index is -1.17. The molecule has 2 N–H and O–H groups in total. The summed E-state index contributed by atoms with van der Waals surface area (Å²) in [5.41, 5.74) is 2.39. The van der Waals surface area contributed by atoms with E-state index in [4.69, 9.17) is 5.11 Å². The second kappa shape index (κ2) is 5.67. The third kappa shape index (κ3) is 3.21. The van der Waals surface area contributed by atoms with Gasteiger partial charge in [-0.1, -0.05) is 30.3 Å². The summed E-state index contributed by atoms with van der Waals surface area (Å²) in [7, 11) is 1.27. The quantitative estimate of drug-likeness (QED) is 0.583. The van der Waals surface area contributed by atoms with Crippen LogP contribution >= 0.6 is 0 Å². The van der Waals surface area contributed by atoms with E-state index < -0.39 is 11.9 Å². The number of hydrogen-bond donors (Lipinski definition) is 2. The third-order valence-corrected chi connectivity index (χ3v) is 1.79. The third-order valence-electron chi connectivity index (χ3n) is 1.79. The van der Waals surface area contributed by atoms with Crippen LogP contribution in [0.1, 0.15) is 5.56 Å². The zero-order valence-corrected chi connectivity index (χ0v) is 8.64. The van der Waals surface area contributed by atoms with E-state index in [2.05, 4.69) is 4.84 Å². The molecule has 0 saturated heterocycles. The number of hydrogen-bond acceptors (Lipinski definition) is 3. The first kappa shape index (κ1) is 11.9. The molecule has 0 fully saturated rings. The van der Waals surface area contributed by atoms with Crippen LogP contribution in [0.4, 0.5) is 0 Å². The highest BCUT2D eigenvalue weighted by Crippen LogP contribution is 2.13. The van der Waals surface area contributed by atoms with Crippen molar-refractivity contribution in [2.45, 2.75) is 0 Å². The van der Waals surface area contributed by atoms with Gasteiger partial charge in [-0.3, -0.25) is 9.63 Å². The SMILES string of the molecule is CONC(=O)C=C(C(=O)O)c1ccccc1. The van der Waals surface area contributed by atoms with E-state index in [-0.39, 0.29) is 5.57 Å². The molecule has 1 aromatic rings. The van der Waals surface area contributed by atoms with Crippen molar-refractivity contribution in [3.8, 4) is 0 Å². The Bertz CT molecular complexity index is 411. The van der Waals surface area contributed by atoms with Crippen molar-refractivity contribution in [2.24, 2.45) is 0 Å². The lowest BCUT2D eigenvalue weighted by atomic mass is 10.1. The molecular formula is C11H11NO4. The van der Waals surface area contributed by atoms with Crippen molar-refractivity contribution in [2.75, 3.05) is 7.11 Å². The maximum atomic E-state index is 11.2. The number of benzene rings is 1. The molecule has 0 heterocycles. The Labute approximate surface area is 92.3 Å². The second-order valence-corrected chi connectivity index (χ2v) is 2.90. The van der Waals surface area contributed by atoms with Crippen LogP contribution in [0.3, 0.4) is 0 Å². The van der Waals surface area contributed by atoms with E-state index in [1.807, 2.05) is 5.48 Å². The van der Waals surface area contributed by atoms with E-state index in [1.54, 1.807) is 30.3 Å². The number of aliphatic carboxylic acids is 1. The molecule has 1 rings (SSSR count). The average Bonchev–Trinajstić information content (AvgIpc) is 2.27. The van der Waals surface area contributed by atoms with Gasteiger partial charge in [0.15, 0.2) is 0 Å². The van der Waals surface area contributed by atoms with Gasteiger partial charge in [0.1, 0.15) is 0 Å². The van der Waals surface area contributed by atoms with Crippen LogP contribution < -0.4 is 5.48 Å². The van der Waals surface area contributed by atoms with E-state index >= 15 is 0 Å². The summed E-state index contributed by atoms with van der Waals surface area (Å²) in [6.07, 6.45) is 0.973. The number of amides is 1. The van der Waals surface area contributed by atoms with Crippen LogP contribution in [-0.4, -0.2) is 24.1 Å². The molecule has 0 saturated carbocycles. The molecule has 0 atom stereocenters. The summed E-state index contributed by atoms with van der Waals surface area (Å²) in [5, 5.41) is 8.95. The molecule has 0 bridgehead atoms. The lowest BCUT2D eigenvalue weighted by Crippen LogP contribution is -2.20. The van der Waals surface area contributed by atoms with Crippen LogP contribution in [0.5, 0.6) is 0 Å². The Balaban J connectivity index is 3.01. The van der Waals surface area contributed by atoms with Gasteiger partial charge in [0.25, 0.3) is 5.91 Å². The molecule has 0 aliphatic heterocycles. The number of rotatable bonds is 4. The highest BCUT2D eigenvalue weighted by molar-refractivity contribution is 6.20. The molecule has 0 aliphatic carbocycles. The fraction of sp³-hybridized carbons (Fsp3) is 0.0909. The van der Waals surface area contributed by atoms with Gasteiger partial charge in [-0.2, -0.15) is 0 Å². The van der Waals surface area contributed by atoms with Crippen molar-refractivity contribution >= 4 is 17.4 Å². The van der Waals surface area contributed by atoms with Gasteiger partial charge in [0.05, 0.1) is 12.7 Å². The van der Waals surface area contributed by atoms with E-state index in [0.29, 0.717) is 5.56 Å². The van der Waals surface area contributed by atoms with Crippen LogP contribution in [0.2, 0.25) is 0 Å². The molecule has 0 spiro atoms. The number of carbonyl (C=O) groups excluding carboxylic acids is 1. The molecule has 16 heavy (non-hydrogen) atoms. The van der Waals surface area contributed by atoms with Gasteiger partial charge >= 0.3 is 5.97 Å². The highest BCUT2D eigenvalue weighted by atomic mass is 16.6. The van der Waals surface area contributed by atoms with Gasteiger partial charge in [-0.15, -0.1) is 0 Å². The topological polar surface area (TPSA) is 75.6 Å². The van der Waals surface area contributed by atoms with Crippen molar-refractivity contribution in [3.05, 3.63) is 42.0 Å². The fourth-order valence-corrected chi connectivity index (χ4v) is 1.15. The lowest BCUT2D eigenvalue weighted by molar-refractivity contribution is -0.131. The molecule has 0 aromatic heterocycles. The van der Waals surface area contributed by atoms with Crippen LogP contribution in [0.15, 0.2) is 36.4 Å². The first-order valence-electron chi connectivity index (χ1n) is 4.48. The maximum Gasteiger partial charge on any atom is 0.336 e. The second-order valence-electron chi connectivity index (χ2n) is 2.90. The largest absolute Gasteiger partial charge is 0.478 e. The maximum absolute atomic E-state index is 11.2. The van der Waals surface area contributed by atoms with E-state index in [1.165, 1.54) is 7.11 Å². The standard InChI is InChI=1S/C11H11NO4/c1-16-12-10(13)7-9(11(14)15)8-5-3-2-4-6-8/h2-7H,1H3,(H,12,13)(H,14,15). The Morgan fingerprint density at radius 1 is 1.31 bits per heavy atom. The molecule has 1 amide bonds. The fourth-order valence-electron chi connectivity index (χ4n) is 1.15. The molecule has 0 aliphatic rings. The average molecular weight is 221 g/mol. The molecular weight excluding hydrogens is 210 g/mol. The highest BCUT2D eigenvalue weighted by Gasteiger charge is 2.11. The van der Waals surface area contributed by atoms with Crippen LogP contribution in [-0.2, 0) is 14.4 Å². The molecule has 1 aromatic carbocycles. The van der Waals surface area contributed by atoms with E-state index in [0.717, 1.165) is 6.08 Å². The van der Waals surface area contributed by atoms with Gasteiger partial charge < -0.3 is 5.11 Å². The van der Waals surface area contributed by atoms with Crippen LogP contribution in [0, 0.1) is 0 Å². The Kier molecular flexibility index (Phi) is 4.23. The van der Waals surface area contributed by atoms with Gasteiger partial charge in [0.2, 0.25) is 0 Å². The predicted octanol–water partition coefficient (Wildman–Crippen LogP) is 0.832. The van der Waals surface area contributed by atoms with Crippen molar-refractivity contribution in [1.29, 1.82) is 0 Å². The first-order valence-corrected chi connectivity index (χ1v) is 4.48. The number of carboxylic acid groups (broad SMARTS) is 1. The molecule has 0 radical (unpaired) electrons. The number of carbonyl (C=O) groups is 2. The zero-order valence-electron chi connectivity index (χ0n) is 8.64. The molecule has 5 heteroatoms. The monoisotopic (exact) mass is 221 g/mol. The van der Waals surface area contributed by atoms with Crippen molar-refractivity contribution in [1.82, 2.24) is 5.48 Å². The minimum Gasteiger partial charge on any atom is -0.478 e. The summed E-state index contributed by atoms with van der Waals surface area (Å²) in [5.74, 6) is -1.79. The smallest absolute Gasteiger partial charge is 0.336 e. The summed E-state index contributed by atoms with van der Waals surface area (Å²) >= 11 is 0. The summed E-state index contributed by atoms with van der Waals surface area (Å²) in [4.78, 5) is 26.5. The molecule has 5 nitrogen and oxygen atoms in total. The zero-order chi connectivity index (χ0) is 12.0. The molecule has 84 valence electrons. The molecule has 0 unspecified atom stereocenters. The predicted molar refractivity (Wildman–Crippen MR) is 57.2 cm³/mol. The Morgan fingerprint density at radius 3 is 2.44 bits per heavy atom. The van der Waals surface area contributed by atoms with E-state index in [9.17, 15) is 9.59 Å². The summed E-state index contributed by atoms with van der Waals surface area (Å²) in [6, 6.07) is 8.37. The summed E-state index contributed by atoms with van der Waals surface area (Å²) in [6.45, 7) is 0. The number of nitrogens with one attached hydrogen (secondary N) is 1. The normalized spacial score (nSPS) is 10.9. The van der Waals surface area contributed by atoms with Gasteiger partial charge in [0, 0.05) is 6.08 Å². The van der Waals surface area contributed by atoms with Crippen molar-refractivity contribution in [3.63, 3.8) is 0 Å². The lowest BCUT2D eigenvalue weighted by Gasteiger charge is -2.02. The van der Waals surface area contributed by atoms with Gasteiger partial charge in [-0.05, 0) is 5.56 Å². The minimum absolute atomic E-state index is 0.0878. The number of hydroxylamine groups is 1. The Morgan fingerprint density at radius 2 is 1.94 bits per heavy atom.